The van der Waals surface area contributed by atoms with E-state index in [0.29, 0.717) is 19.7 Å². The summed E-state index contributed by atoms with van der Waals surface area (Å²) < 4.78 is 7.25. The number of imidazole rings is 1. The molecule has 0 aromatic carbocycles. The van der Waals surface area contributed by atoms with Gasteiger partial charge in [-0.25, -0.2) is 9.78 Å². The molecule has 2 aliphatic rings. The van der Waals surface area contributed by atoms with Crippen molar-refractivity contribution >= 4 is 23.0 Å². The first kappa shape index (κ1) is 20.6. The van der Waals surface area contributed by atoms with Gasteiger partial charge in [-0.1, -0.05) is 19.3 Å². The third-order valence-corrected chi connectivity index (χ3v) is 6.53. The number of rotatable bonds is 5. The molecule has 2 amide bonds. The number of amides is 2. The molecule has 2 aromatic heterocycles. The Kier molecular flexibility index (Phi) is 5.92. The molecule has 1 saturated carbocycles. The summed E-state index contributed by atoms with van der Waals surface area (Å²) in [4.78, 5) is 36.1. The first-order valence-electron chi connectivity index (χ1n) is 11.0. The van der Waals surface area contributed by atoms with Gasteiger partial charge in [-0.2, -0.15) is 0 Å². The number of nitrogens with zero attached hydrogens (tertiary/aromatic N) is 4. The molecule has 3 heterocycles. The highest BCUT2D eigenvalue weighted by atomic mass is 16.5. The van der Waals surface area contributed by atoms with Gasteiger partial charge in [0, 0.05) is 32.3 Å². The van der Waals surface area contributed by atoms with Crippen molar-refractivity contribution in [2.75, 3.05) is 19.7 Å². The van der Waals surface area contributed by atoms with Gasteiger partial charge in [0.25, 0.3) is 0 Å². The van der Waals surface area contributed by atoms with E-state index in [0.717, 1.165) is 55.4 Å². The molecular weight excluding hydrogens is 382 g/mol. The number of ether oxygens (including phenoxy) is 1. The van der Waals surface area contributed by atoms with Crippen molar-refractivity contribution in [3.8, 4) is 0 Å². The van der Waals surface area contributed by atoms with Gasteiger partial charge in [0.2, 0.25) is 0 Å². The minimum atomic E-state index is -0.483. The molecule has 0 spiro atoms. The quantitative estimate of drug-likeness (QED) is 0.761. The van der Waals surface area contributed by atoms with E-state index in [1.54, 1.807) is 6.20 Å². The second-order valence-electron chi connectivity index (χ2n) is 8.58. The van der Waals surface area contributed by atoms with Crippen molar-refractivity contribution < 1.29 is 14.3 Å². The monoisotopic (exact) mass is 413 g/mol. The van der Waals surface area contributed by atoms with Crippen LogP contribution in [-0.4, -0.2) is 56.7 Å². The molecule has 8 heteroatoms. The second-order valence-corrected chi connectivity index (χ2v) is 8.58. The van der Waals surface area contributed by atoms with Crippen LogP contribution in [-0.2, 0) is 16.6 Å². The summed E-state index contributed by atoms with van der Waals surface area (Å²) >= 11 is 0. The molecule has 0 unspecified atom stereocenters. The van der Waals surface area contributed by atoms with Crippen LogP contribution in [0.5, 0.6) is 0 Å². The lowest BCUT2D eigenvalue weighted by atomic mass is 9.79. The predicted octanol–water partition coefficient (Wildman–Crippen LogP) is 3.12. The third-order valence-electron chi connectivity index (χ3n) is 6.53. The molecule has 1 saturated heterocycles. The molecule has 2 fully saturated rings. The zero-order chi connectivity index (χ0) is 21.1. The van der Waals surface area contributed by atoms with Gasteiger partial charge >= 0.3 is 12.0 Å². The maximum Gasteiger partial charge on any atom is 0.317 e. The summed E-state index contributed by atoms with van der Waals surface area (Å²) in [5, 5.41) is 3.23. The van der Waals surface area contributed by atoms with Gasteiger partial charge in [-0.3, -0.25) is 9.78 Å². The Morgan fingerprint density at radius 2 is 2.10 bits per heavy atom. The molecule has 4 rings (SSSR count). The molecule has 1 N–H and O–H groups in total. The van der Waals surface area contributed by atoms with Crippen LogP contribution in [0.4, 0.5) is 4.79 Å². The Labute approximate surface area is 177 Å². The lowest BCUT2D eigenvalue weighted by Gasteiger charge is -2.38. The van der Waals surface area contributed by atoms with E-state index in [2.05, 4.69) is 14.9 Å². The molecule has 0 bridgehead atoms. The zero-order valence-electron chi connectivity index (χ0n) is 17.9. The highest BCUT2D eigenvalue weighted by molar-refractivity contribution is 5.78. The first-order chi connectivity index (χ1) is 14.5. The summed E-state index contributed by atoms with van der Waals surface area (Å²) in [5.41, 5.74) is 1.45. The van der Waals surface area contributed by atoms with Crippen LogP contribution in [0.3, 0.4) is 0 Å². The average Bonchev–Trinajstić information content (AvgIpc) is 3.34. The Morgan fingerprint density at radius 1 is 1.30 bits per heavy atom. The van der Waals surface area contributed by atoms with Crippen LogP contribution in [0.2, 0.25) is 0 Å². The van der Waals surface area contributed by atoms with Crippen molar-refractivity contribution in [3.05, 3.63) is 24.3 Å². The van der Waals surface area contributed by atoms with Crippen LogP contribution < -0.4 is 5.32 Å². The number of pyridine rings is 1. The van der Waals surface area contributed by atoms with Crippen molar-refractivity contribution in [1.82, 2.24) is 24.8 Å². The van der Waals surface area contributed by atoms with Gasteiger partial charge in [-0.15, -0.1) is 0 Å². The largest absolute Gasteiger partial charge is 0.466 e. The number of nitrogens with one attached hydrogen (secondary N) is 1. The predicted molar refractivity (Wildman–Crippen MR) is 113 cm³/mol. The third kappa shape index (κ3) is 4.13. The van der Waals surface area contributed by atoms with Gasteiger partial charge < -0.3 is 19.5 Å². The van der Waals surface area contributed by atoms with E-state index in [-0.39, 0.29) is 24.3 Å². The minimum Gasteiger partial charge on any atom is -0.466 e. The van der Waals surface area contributed by atoms with Crippen LogP contribution in [0.1, 0.15) is 63.6 Å². The van der Waals surface area contributed by atoms with E-state index < -0.39 is 5.54 Å². The van der Waals surface area contributed by atoms with E-state index >= 15 is 0 Å². The number of aryl methyl sites for hydroxylation is 1. The standard InChI is InChI=1S/C22H31N5O3/c1-3-30-19(28)13-22(9-5-4-6-10-22)25-21(29)27-12-8-16(15-27)20-24-17-7-11-23-14-18(17)26(20)2/h7,11,14,16H,3-6,8-10,12-13,15H2,1-2H3,(H,25,29)/t16-/m1/s1. The second kappa shape index (κ2) is 8.62. The molecule has 1 aliphatic heterocycles. The number of urea groups is 1. The Hall–Kier alpha value is -2.64. The van der Waals surface area contributed by atoms with Crippen molar-refractivity contribution in [2.45, 2.75) is 63.3 Å². The smallest absolute Gasteiger partial charge is 0.317 e. The van der Waals surface area contributed by atoms with Crippen molar-refractivity contribution in [2.24, 2.45) is 7.05 Å². The van der Waals surface area contributed by atoms with Crippen molar-refractivity contribution in [1.29, 1.82) is 0 Å². The lowest BCUT2D eigenvalue weighted by molar-refractivity contribution is -0.145. The zero-order valence-corrected chi connectivity index (χ0v) is 17.9. The number of carbonyl (C=O) groups excluding carboxylic acids is 2. The van der Waals surface area contributed by atoms with Gasteiger partial charge in [-0.05, 0) is 32.3 Å². The maximum absolute atomic E-state index is 13.1. The van der Waals surface area contributed by atoms with Gasteiger partial charge in [0.05, 0.1) is 35.8 Å². The minimum absolute atomic E-state index is 0.0795. The molecule has 30 heavy (non-hydrogen) atoms. The number of likely N-dealkylation sites (tertiary alicyclic amines) is 1. The van der Waals surface area contributed by atoms with Gasteiger partial charge in [0.1, 0.15) is 5.82 Å². The molecule has 1 atom stereocenters. The topological polar surface area (TPSA) is 89.3 Å². The van der Waals surface area contributed by atoms with Crippen molar-refractivity contribution in [3.63, 3.8) is 0 Å². The average molecular weight is 414 g/mol. The fraction of sp³-hybridized carbons (Fsp3) is 0.636. The number of hydrogen-bond acceptors (Lipinski definition) is 5. The Bertz CT molecular complexity index is 919. The van der Waals surface area contributed by atoms with Crippen LogP contribution >= 0.6 is 0 Å². The molecule has 0 radical (unpaired) electrons. The number of aromatic nitrogens is 3. The summed E-state index contributed by atoms with van der Waals surface area (Å²) in [5.74, 6) is 0.958. The molecule has 8 nitrogen and oxygen atoms in total. The number of carbonyl (C=O) groups is 2. The van der Waals surface area contributed by atoms with Crippen LogP contribution in [0, 0.1) is 0 Å². The van der Waals surface area contributed by atoms with E-state index in [1.165, 1.54) is 0 Å². The number of esters is 1. The Morgan fingerprint density at radius 3 is 2.83 bits per heavy atom. The highest BCUT2D eigenvalue weighted by Crippen LogP contribution is 2.33. The van der Waals surface area contributed by atoms with E-state index in [4.69, 9.17) is 9.72 Å². The van der Waals surface area contributed by atoms with Gasteiger partial charge in [0.15, 0.2) is 0 Å². The number of hydrogen-bond donors (Lipinski definition) is 1. The highest BCUT2D eigenvalue weighted by Gasteiger charge is 2.39. The number of fused-ring (bicyclic) bond motifs is 1. The molecule has 1 aliphatic carbocycles. The first-order valence-corrected chi connectivity index (χ1v) is 11.0. The summed E-state index contributed by atoms with van der Waals surface area (Å²) in [6.45, 7) is 3.50. The van der Waals surface area contributed by atoms with Crippen LogP contribution in [0.25, 0.3) is 11.0 Å². The maximum atomic E-state index is 13.1. The summed E-state index contributed by atoms with van der Waals surface area (Å²) in [7, 11) is 2.01. The molecule has 162 valence electrons. The fourth-order valence-corrected chi connectivity index (χ4v) is 4.94. The van der Waals surface area contributed by atoms with E-state index in [9.17, 15) is 9.59 Å². The molecule has 2 aromatic rings. The normalized spacial score (nSPS) is 21.0. The SMILES string of the molecule is CCOC(=O)CC1(NC(=O)N2CC[C@@H](c3nc4ccncc4n3C)C2)CCCCC1. The lowest BCUT2D eigenvalue weighted by Crippen LogP contribution is -2.55. The van der Waals surface area contributed by atoms with E-state index in [1.807, 2.05) is 31.1 Å². The molecular formula is C22H31N5O3. The van der Waals surface area contributed by atoms with Crippen LogP contribution in [0.15, 0.2) is 18.5 Å². The summed E-state index contributed by atoms with van der Waals surface area (Å²) in [6.07, 6.45) is 9.55. The Balaban J connectivity index is 1.44. The summed E-state index contributed by atoms with van der Waals surface area (Å²) in [6, 6.07) is 1.84. The fourth-order valence-electron chi connectivity index (χ4n) is 4.94.